The average molecular weight is 244 g/mol. The summed E-state index contributed by atoms with van der Waals surface area (Å²) >= 11 is 6.07. The quantitative estimate of drug-likeness (QED) is 0.782. The molecule has 0 amide bonds. The SMILES string of the molecule is COc1cc(Cl)c(C)c(CCCCN)c1O. The summed E-state index contributed by atoms with van der Waals surface area (Å²) in [6, 6.07) is 1.64. The van der Waals surface area contributed by atoms with Gasteiger partial charge < -0.3 is 15.6 Å². The molecule has 0 saturated heterocycles. The van der Waals surface area contributed by atoms with Crippen molar-refractivity contribution in [3.63, 3.8) is 0 Å². The minimum Gasteiger partial charge on any atom is -0.504 e. The lowest BCUT2D eigenvalue weighted by atomic mass is 10.0. The maximum Gasteiger partial charge on any atom is 0.162 e. The van der Waals surface area contributed by atoms with Crippen molar-refractivity contribution in [2.45, 2.75) is 26.2 Å². The number of benzene rings is 1. The number of rotatable bonds is 5. The van der Waals surface area contributed by atoms with E-state index >= 15 is 0 Å². The molecule has 0 spiro atoms. The summed E-state index contributed by atoms with van der Waals surface area (Å²) in [6.07, 6.45) is 2.65. The van der Waals surface area contributed by atoms with E-state index in [-0.39, 0.29) is 5.75 Å². The lowest BCUT2D eigenvalue weighted by molar-refractivity contribution is 0.370. The smallest absolute Gasteiger partial charge is 0.162 e. The highest BCUT2D eigenvalue weighted by molar-refractivity contribution is 6.31. The summed E-state index contributed by atoms with van der Waals surface area (Å²) in [4.78, 5) is 0. The molecule has 3 nitrogen and oxygen atoms in total. The highest BCUT2D eigenvalue weighted by atomic mass is 35.5. The van der Waals surface area contributed by atoms with Crippen LogP contribution in [0.15, 0.2) is 6.07 Å². The average Bonchev–Trinajstić information content (AvgIpc) is 2.28. The lowest BCUT2D eigenvalue weighted by Crippen LogP contribution is -2.00. The van der Waals surface area contributed by atoms with Gasteiger partial charge in [0.15, 0.2) is 11.5 Å². The maximum atomic E-state index is 9.98. The van der Waals surface area contributed by atoms with Crippen molar-refractivity contribution in [2.24, 2.45) is 5.73 Å². The van der Waals surface area contributed by atoms with Gasteiger partial charge in [0.2, 0.25) is 0 Å². The van der Waals surface area contributed by atoms with Crippen molar-refractivity contribution in [1.29, 1.82) is 0 Å². The molecule has 3 N–H and O–H groups in total. The molecule has 0 aromatic heterocycles. The van der Waals surface area contributed by atoms with Gasteiger partial charge in [0.25, 0.3) is 0 Å². The van der Waals surface area contributed by atoms with E-state index in [1.54, 1.807) is 6.07 Å². The number of aromatic hydroxyl groups is 1. The number of nitrogens with two attached hydrogens (primary N) is 1. The molecule has 0 bridgehead atoms. The van der Waals surface area contributed by atoms with E-state index in [1.807, 2.05) is 6.92 Å². The third-order valence-electron chi connectivity index (χ3n) is 2.69. The van der Waals surface area contributed by atoms with Gasteiger partial charge in [-0.2, -0.15) is 0 Å². The number of unbranched alkanes of at least 4 members (excludes halogenated alkanes) is 1. The van der Waals surface area contributed by atoms with Crippen LogP contribution in [0.25, 0.3) is 0 Å². The molecule has 0 aliphatic carbocycles. The second kappa shape index (κ2) is 5.97. The number of phenols is 1. The monoisotopic (exact) mass is 243 g/mol. The molecule has 0 saturated carbocycles. The molecule has 16 heavy (non-hydrogen) atoms. The summed E-state index contributed by atoms with van der Waals surface area (Å²) in [5.41, 5.74) is 7.21. The first-order valence-electron chi connectivity index (χ1n) is 5.36. The summed E-state index contributed by atoms with van der Waals surface area (Å²) in [5.74, 6) is 0.625. The number of ether oxygens (including phenoxy) is 1. The molecule has 0 radical (unpaired) electrons. The Bertz CT molecular complexity index is 367. The molecule has 1 rings (SSSR count). The molecule has 0 atom stereocenters. The molecule has 0 fully saturated rings. The van der Waals surface area contributed by atoms with Crippen molar-refractivity contribution < 1.29 is 9.84 Å². The molecule has 0 aliphatic heterocycles. The van der Waals surface area contributed by atoms with Gasteiger partial charge in [-0.3, -0.25) is 0 Å². The number of hydrogen-bond donors (Lipinski definition) is 2. The minimum atomic E-state index is 0.196. The van der Waals surface area contributed by atoms with Gasteiger partial charge in [0.1, 0.15) is 0 Å². The van der Waals surface area contributed by atoms with E-state index in [1.165, 1.54) is 7.11 Å². The van der Waals surface area contributed by atoms with Crippen LogP contribution < -0.4 is 10.5 Å². The van der Waals surface area contributed by atoms with Gasteiger partial charge in [-0.25, -0.2) is 0 Å². The van der Waals surface area contributed by atoms with Crippen molar-refractivity contribution in [1.82, 2.24) is 0 Å². The number of halogens is 1. The van der Waals surface area contributed by atoms with Crippen LogP contribution in [0.5, 0.6) is 11.5 Å². The van der Waals surface area contributed by atoms with Gasteiger partial charge in [-0.15, -0.1) is 0 Å². The first kappa shape index (κ1) is 13.1. The zero-order valence-corrected chi connectivity index (χ0v) is 10.5. The molecular formula is C12H18ClNO2. The standard InChI is InChI=1S/C12H18ClNO2/c1-8-9(5-3-4-6-14)12(15)11(16-2)7-10(8)13/h7,15H,3-6,14H2,1-2H3. The summed E-state index contributed by atoms with van der Waals surface area (Å²) in [6.45, 7) is 2.57. The Kier molecular flexibility index (Phi) is 4.90. The molecule has 1 aromatic carbocycles. The van der Waals surface area contributed by atoms with E-state index in [2.05, 4.69) is 0 Å². The molecular weight excluding hydrogens is 226 g/mol. The van der Waals surface area contributed by atoms with Gasteiger partial charge in [-0.1, -0.05) is 11.6 Å². The Morgan fingerprint density at radius 1 is 1.44 bits per heavy atom. The zero-order valence-electron chi connectivity index (χ0n) is 9.72. The van der Waals surface area contributed by atoms with Crippen LogP contribution in [-0.2, 0) is 6.42 Å². The lowest BCUT2D eigenvalue weighted by Gasteiger charge is -2.13. The molecule has 4 heteroatoms. The summed E-state index contributed by atoms with van der Waals surface area (Å²) < 4.78 is 5.07. The fourth-order valence-electron chi connectivity index (χ4n) is 1.67. The van der Waals surface area contributed by atoms with E-state index in [4.69, 9.17) is 22.1 Å². The van der Waals surface area contributed by atoms with Crippen LogP contribution in [0.2, 0.25) is 5.02 Å². The van der Waals surface area contributed by atoms with Gasteiger partial charge in [0.05, 0.1) is 7.11 Å². The van der Waals surface area contributed by atoms with Gasteiger partial charge >= 0.3 is 0 Å². The molecule has 0 heterocycles. The third kappa shape index (κ3) is 2.80. The predicted octanol–water partition coefficient (Wildman–Crippen LogP) is 2.64. The Morgan fingerprint density at radius 3 is 2.69 bits per heavy atom. The predicted molar refractivity (Wildman–Crippen MR) is 66.4 cm³/mol. The Hall–Kier alpha value is -0.930. The van der Waals surface area contributed by atoms with Crippen LogP contribution in [0.1, 0.15) is 24.0 Å². The number of methoxy groups -OCH3 is 1. The van der Waals surface area contributed by atoms with Crippen LogP contribution in [0.3, 0.4) is 0 Å². The first-order valence-corrected chi connectivity index (χ1v) is 5.74. The van der Waals surface area contributed by atoms with Crippen molar-refractivity contribution >= 4 is 11.6 Å². The van der Waals surface area contributed by atoms with E-state index in [0.717, 1.165) is 30.4 Å². The van der Waals surface area contributed by atoms with E-state index < -0.39 is 0 Å². The second-order valence-electron chi connectivity index (χ2n) is 3.76. The Morgan fingerprint density at radius 2 is 2.12 bits per heavy atom. The van der Waals surface area contributed by atoms with E-state index in [9.17, 15) is 5.11 Å². The van der Waals surface area contributed by atoms with Crippen molar-refractivity contribution in [3.05, 3.63) is 22.2 Å². The first-order chi connectivity index (χ1) is 7.61. The highest BCUT2D eigenvalue weighted by Crippen LogP contribution is 2.37. The van der Waals surface area contributed by atoms with E-state index in [0.29, 0.717) is 17.3 Å². The van der Waals surface area contributed by atoms with Crippen LogP contribution in [0, 0.1) is 6.92 Å². The van der Waals surface area contributed by atoms with Crippen molar-refractivity contribution in [2.75, 3.05) is 13.7 Å². The second-order valence-corrected chi connectivity index (χ2v) is 4.17. The Balaban J connectivity index is 3.00. The number of hydrogen-bond acceptors (Lipinski definition) is 3. The zero-order chi connectivity index (χ0) is 12.1. The molecule has 1 aromatic rings. The molecule has 0 unspecified atom stereocenters. The number of phenolic OH excluding ortho intramolecular Hbond substituents is 1. The van der Waals surface area contributed by atoms with Crippen LogP contribution in [0.4, 0.5) is 0 Å². The largest absolute Gasteiger partial charge is 0.504 e. The minimum absolute atomic E-state index is 0.196. The third-order valence-corrected chi connectivity index (χ3v) is 3.08. The highest BCUT2D eigenvalue weighted by Gasteiger charge is 2.13. The Labute approximate surface area is 101 Å². The summed E-state index contributed by atoms with van der Waals surface area (Å²) in [7, 11) is 1.52. The van der Waals surface area contributed by atoms with Crippen LogP contribution >= 0.6 is 11.6 Å². The molecule has 0 aliphatic rings. The normalized spacial score (nSPS) is 10.5. The van der Waals surface area contributed by atoms with Crippen molar-refractivity contribution in [3.8, 4) is 11.5 Å². The van der Waals surface area contributed by atoms with Gasteiger partial charge in [-0.05, 0) is 38.3 Å². The molecule has 90 valence electrons. The fourth-order valence-corrected chi connectivity index (χ4v) is 1.88. The van der Waals surface area contributed by atoms with Crippen LogP contribution in [-0.4, -0.2) is 18.8 Å². The summed E-state index contributed by atoms with van der Waals surface area (Å²) in [5, 5.41) is 10.6. The topological polar surface area (TPSA) is 55.5 Å². The fraction of sp³-hybridized carbons (Fsp3) is 0.500. The van der Waals surface area contributed by atoms with Gasteiger partial charge in [0, 0.05) is 16.7 Å². The maximum absolute atomic E-state index is 9.98.